The molecule has 104 valence electrons. The van der Waals surface area contributed by atoms with Crippen molar-refractivity contribution in [2.45, 2.75) is 33.2 Å². The van der Waals surface area contributed by atoms with Gasteiger partial charge in [-0.2, -0.15) is 0 Å². The Morgan fingerprint density at radius 1 is 1.40 bits per heavy atom. The SMILES string of the molecule is CCc1cccc2c(C(C)=O)c3c(nc12)CCN(C)C3. The summed E-state index contributed by atoms with van der Waals surface area (Å²) in [5, 5.41) is 1.02. The van der Waals surface area contributed by atoms with Crippen LogP contribution in [0.15, 0.2) is 18.2 Å². The molecule has 0 aliphatic carbocycles. The Balaban J connectivity index is 2.38. The van der Waals surface area contributed by atoms with Gasteiger partial charge in [-0.3, -0.25) is 9.78 Å². The third kappa shape index (κ3) is 2.02. The van der Waals surface area contributed by atoms with E-state index in [-0.39, 0.29) is 5.78 Å². The van der Waals surface area contributed by atoms with Crippen molar-refractivity contribution in [3.63, 3.8) is 0 Å². The number of hydrogen-bond acceptors (Lipinski definition) is 3. The Morgan fingerprint density at radius 3 is 2.90 bits per heavy atom. The second-order valence-electron chi connectivity index (χ2n) is 5.62. The van der Waals surface area contributed by atoms with E-state index in [2.05, 4.69) is 24.9 Å². The monoisotopic (exact) mass is 268 g/mol. The summed E-state index contributed by atoms with van der Waals surface area (Å²) in [5.74, 6) is 0.150. The standard InChI is InChI=1S/C17H20N2O/c1-4-12-6-5-7-13-16(11(2)20)14-10-19(3)9-8-15(14)18-17(12)13/h5-7H,4,8-10H2,1-3H3. The van der Waals surface area contributed by atoms with Gasteiger partial charge in [0.15, 0.2) is 5.78 Å². The third-order valence-electron chi connectivity index (χ3n) is 4.18. The Morgan fingerprint density at radius 2 is 2.20 bits per heavy atom. The second kappa shape index (κ2) is 4.98. The number of ketones is 1. The largest absolute Gasteiger partial charge is 0.302 e. The number of aromatic nitrogens is 1. The number of carbonyl (C=O) groups is 1. The van der Waals surface area contributed by atoms with Crippen LogP contribution >= 0.6 is 0 Å². The molecule has 1 aromatic carbocycles. The Hall–Kier alpha value is -1.74. The molecule has 1 aromatic heterocycles. The molecular formula is C17H20N2O. The zero-order valence-corrected chi connectivity index (χ0v) is 12.4. The first-order valence-electron chi connectivity index (χ1n) is 7.24. The molecule has 1 aliphatic rings. The molecule has 3 nitrogen and oxygen atoms in total. The molecule has 2 aromatic rings. The molecule has 0 N–H and O–H groups in total. The minimum absolute atomic E-state index is 0.150. The third-order valence-corrected chi connectivity index (χ3v) is 4.18. The van der Waals surface area contributed by atoms with E-state index in [4.69, 9.17) is 4.98 Å². The lowest BCUT2D eigenvalue weighted by Crippen LogP contribution is -2.29. The molecule has 3 rings (SSSR count). The summed E-state index contributed by atoms with van der Waals surface area (Å²) in [6, 6.07) is 6.18. The van der Waals surface area contributed by atoms with Crippen molar-refractivity contribution in [3.05, 3.63) is 40.6 Å². The van der Waals surface area contributed by atoms with Gasteiger partial charge in [0.25, 0.3) is 0 Å². The van der Waals surface area contributed by atoms with Crippen LogP contribution in [0.1, 0.15) is 41.0 Å². The lowest BCUT2D eigenvalue weighted by atomic mass is 9.92. The summed E-state index contributed by atoms with van der Waals surface area (Å²) in [4.78, 5) is 19.3. The molecular weight excluding hydrogens is 248 g/mol. The maximum atomic E-state index is 12.2. The average molecular weight is 268 g/mol. The Kier molecular flexibility index (Phi) is 3.30. The number of hydrogen-bond donors (Lipinski definition) is 0. The minimum atomic E-state index is 0.150. The summed E-state index contributed by atoms with van der Waals surface area (Å²) in [7, 11) is 2.10. The number of Topliss-reactive ketones (excluding diaryl/α,β-unsaturated/α-hetero) is 1. The topological polar surface area (TPSA) is 33.2 Å². The Bertz CT molecular complexity index is 691. The molecule has 2 heterocycles. The molecule has 0 unspecified atom stereocenters. The van der Waals surface area contributed by atoms with Crippen molar-refractivity contribution >= 4 is 16.7 Å². The highest BCUT2D eigenvalue weighted by atomic mass is 16.1. The average Bonchev–Trinajstić information content (AvgIpc) is 2.43. The van der Waals surface area contributed by atoms with Gasteiger partial charge in [0, 0.05) is 36.2 Å². The lowest BCUT2D eigenvalue weighted by molar-refractivity contribution is 0.101. The van der Waals surface area contributed by atoms with Crippen LogP contribution in [0.25, 0.3) is 10.9 Å². The highest BCUT2D eigenvalue weighted by Crippen LogP contribution is 2.29. The van der Waals surface area contributed by atoms with Crippen LogP contribution in [-0.2, 0) is 19.4 Å². The van der Waals surface area contributed by atoms with E-state index in [1.807, 2.05) is 12.1 Å². The first-order chi connectivity index (χ1) is 9.61. The predicted molar refractivity (Wildman–Crippen MR) is 81.2 cm³/mol. The van der Waals surface area contributed by atoms with E-state index >= 15 is 0 Å². The van der Waals surface area contributed by atoms with Gasteiger partial charge in [-0.25, -0.2) is 0 Å². The van der Waals surface area contributed by atoms with E-state index in [9.17, 15) is 4.79 Å². The van der Waals surface area contributed by atoms with Crippen molar-refractivity contribution in [3.8, 4) is 0 Å². The number of benzene rings is 1. The van der Waals surface area contributed by atoms with E-state index < -0.39 is 0 Å². The number of aryl methyl sites for hydroxylation is 1. The van der Waals surface area contributed by atoms with Gasteiger partial charge in [0.05, 0.1) is 5.52 Å². The number of nitrogens with zero attached hydrogens (tertiary/aromatic N) is 2. The normalized spacial score (nSPS) is 15.3. The van der Waals surface area contributed by atoms with Gasteiger partial charge in [-0.15, -0.1) is 0 Å². The highest BCUT2D eigenvalue weighted by Gasteiger charge is 2.23. The van der Waals surface area contributed by atoms with Gasteiger partial charge < -0.3 is 4.90 Å². The van der Waals surface area contributed by atoms with Gasteiger partial charge in [0.2, 0.25) is 0 Å². The minimum Gasteiger partial charge on any atom is -0.302 e. The fourth-order valence-corrected chi connectivity index (χ4v) is 3.14. The number of likely N-dealkylation sites (N-methyl/N-ethyl adjacent to an activating group) is 1. The summed E-state index contributed by atoms with van der Waals surface area (Å²) in [6.45, 7) is 5.64. The van der Waals surface area contributed by atoms with Crippen LogP contribution in [0.4, 0.5) is 0 Å². The van der Waals surface area contributed by atoms with E-state index in [0.717, 1.165) is 53.7 Å². The van der Waals surface area contributed by atoms with Crippen LogP contribution in [0.5, 0.6) is 0 Å². The highest BCUT2D eigenvalue weighted by molar-refractivity contribution is 6.08. The lowest BCUT2D eigenvalue weighted by Gasteiger charge is -2.27. The summed E-state index contributed by atoms with van der Waals surface area (Å²) in [6.07, 6.45) is 1.88. The molecule has 0 radical (unpaired) electrons. The number of fused-ring (bicyclic) bond motifs is 2. The number of rotatable bonds is 2. The molecule has 0 bridgehead atoms. The molecule has 0 saturated heterocycles. The van der Waals surface area contributed by atoms with E-state index in [1.54, 1.807) is 6.92 Å². The van der Waals surface area contributed by atoms with Crippen LogP contribution < -0.4 is 0 Å². The molecule has 0 atom stereocenters. The molecule has 20 heavy (non-hydrogen) atoms. The van der Waals surface area contributed by atoms with E-state index in [0.29, 0.717) is 0 Å². The molecule has 3 heteroatoms. The van der Waals surface area contributed by atoms with Crippen LogP contribution in [0.3, 0.4) is 0 Å². The quantitative estimate of drug-likeness (QED) is 0.785. The molecule has 0 fully saturated rings. The summed E-state index contributed by atoms with van der Waals surface area (Å²) in [5.41, 5.74) is 5.37. The van der Waals surface area contributed by atoms with Gasteiger partial charge in [-0.05, 0) is 31.5 Å². The van der Waals surface area contributed by atoms with Crippen molar-refractivity contribution in [2.75, 3.05) is 13.6 Å². The number of carbonyl (C=O) groups excluding carboxylic acids is 1. The first kappa shape index (κ1) is 13.3. The predicted octanol–water partition coefficient (Wildman–Crippen LogP) is 2.99. The number of pyridine rings is 1. The number of para-hydroxylation sites is 1. The molecule has 1 aliphatic heterocycles. The van der Waals surface area contributed by atoms with Crippen molar-refractivity contribution in [1.29, 1.82) is 0 Å². The zero-order valence-electron chi connectivity index (χ0n) is 12.4. The molecule has 0 spiro atoms. The maximum Gasteiger partial charge on any atom is 0.160 e. The fourth-order valence-electron chi connectivity index (χ4n) is 3.14. The van der Waals surface area contributed by atoms with Crippen molar-refractivity contribution < 1.29 is 4.79 Å². The first-order valence-corrected chi connectivity index (χ1v) is 7.24. The summed E-state index contributed by atoms with van der Waals surface area (Å²) >= 11 is 0. The fraction of sp³-hybridized carbons (Fsp3) is 0.412. The van der Waals surface area contributed by atoms with Gasteiger partial charge in [0.1, 0.15) is 0 Å². The van der Waals surface area contributed by atoms with Crippen LogP contribution in [-0.4, -0.2) is 29.3 Å². The van der Waals surface area contributed by atoms with Crippen LogP contribution in [0, 0.1) is 0 Å². The van der Waals surface area contributed by atoms with Gasteiger partial charge in [-0.1, -0.05) is 25.1 Å². The smallest absolute Gasteiger partial charge is 0.160 e. The van der Waals surface area contributed by atoms with Gasteiger partial charge >= 0.3 is 0 Å². The molecule has 0 saturated carbocycles. The van der Waals surface area contributed by atoms with E-state index in [1.165, 1.54) is 5.56 Å². The molecule has 0 amide bonds. The van der Waals surface area contributed by atoms with Crippen LogP contribution in [0.2, 0.25) is 0 Å². The maximum absolute atomic E-state index is 12.2. The second-order valence-corrected chi connectivity index (χ2v) is 5.62. The Labute approximate surface area is 119 Å². The summed E-state index contributed by atoms with van der Waals surface area (Å²) < 4.78 is 0. The van der Waals surface area contributed by atoms with Crippen molar-refractivity contribution in [2.24, 2.45) is 0 Å². The zero-order chi connectivity index (χ0) is 14.3. The van der Waals surface area contributed by atoms with Crippen molar-refractivity contribution in [1.82, 2.24) is 9.88 Å².